The summed E-state index contributed by atoms with van der Waals surface area (Å²) in [6.07, 6.45) is 0.245. The summed E-state index contributed by atoms with van der Waals surface area (Å²) in [5, 5.41) is 3.15. The van der Waals surface area contributed by atoms with Crippen LogP contribution in [-0.2, 0) is 16.1 Å². The van der Waals surface area contributed by atoms with Crippen LogP contribution in [0.1, 0.15) is 12.1 Å². The SMILES string of the molecule is O=C(C1CC(=O)N(c2ccc3c(c2)OCO3)C1)N1CCN(Cc2csc(-c3ccccc3)n2)CC1. The topological polar surface area (TPSA) is 75.2 Å². The van der Waals surface area contributed by atoms with Crippen molar-refractivity contribution in [3.8, 4) is 22.1 Å². The van der Waals surface area contributed by atoms with Crippen molar-refractivity contribution in [1.82, 2.24) is 14.8 Å². The highest BCUT2D eigenvalue weighted by Crippen LogP contribution is 2.37. The Hall–Kier alpha value is -3.43. The molecule has 3 aliphatic rings. The van der Waals surface area contributed by atoms with E-state index in [-0.39, 0.29) is 30.9 Å². The summed E-state index contributed by atoms with van der Waals surface area (Å²) in [5.41, 5.74) is 2.95. The Balaban J connectivity index is 1.03. The lowest BCUT2D eigenvalue weighted by Gasteiger charge is -2.35. The molecule has 3 aliphatic heterocycles. The average Bonchev–Trinajstić information content (AvgIpc) is 3.64. The minimum absolute atomic E-state index is 0.0291. The Morgan fingerprint density at radius 1 is 1.03 bits per heavy atom. The Morgan fingerprint density at radius 3 is 2.66 bits per heavy atom. The van der Waals surface area contributed by atoms with Crippen LogP contribution in [0.4, 0.5) is 5.69 Å². The second kappa shape index (κ2) is 9.31. The molecule has 3 aromatic rings. The number of carbonyl (C=O) groups excluding carboxylic acids is 2. The molecule has 9 heteroatoms. The van der Waals surface area contributed by atoms with Crippen LogP contribution < -0.4 is 14.4 Å². The number of amides is 2. The molecule has 180 valence electrons. The van der Waals surface area contributed by atoms with Crippen LogP contribution in [0.3, 0.4) is 0 Å². The van der Waals surface area contributed by atoms with Crippen LogP contribution in [0.25, 0.3) is 10.6 Å². The molecule has 0 bridgehead atoms. The Kier molecular flexibility index (Phi) is 5.87. The second-order valence-electron chi connectivity index (χ2n) is 9.05. The lowest BCUT2D eigenvalue weighted by atomic mass is 10.1. The van der Waals surface area contributed by atoms with Gasteiger partial charge in [-0.2, -0.15) is 0 Å². The van der Waals surface area contributed by atoms with Crippen molar-refractivity contribution in [2.45, 2.75) is 13.0 Å². The summed E-state index contributed by atoms with van der Waals surface area (Å²) in [5.74, 6) is 1.04. The Morgan fingerprint density at radius 2 is 1.83 bits per heavy atom. The van der Waals surface area contributed by atoms with Crippen molar-refractivity contribution in [2.75, 3.05) is 44.4 Å². The average molecular weight is 491 g/mol. The van der Waals surface area contributed by atoms with E-state index in [1.54, 1.807) is 16.2 Å². The van der Waals surface area contributed by atoms with Crippen molar-refractivity contribution in [3.05, 3.63) is 59.6 Å². The molecule has 0 radical (unpaired) electrons. The molecule has 0 spiro atoms. The van der Waals surface area contributed by atoms with E-state index < -0.39 is 0 Å². The first-order chi connectivity index (χ1) is 17.1. The number of fused-ring (bicyclic) bond motifs is 1. The summed E-state index contributed by atoms with van der Waals surface area (Å²) in [6, 6.07) is 15.7. The van der Waals surface area contributed by atoms with Gasteiger partial charge in [0.15, 0.2) is 11.5 Å². The molecule has 0 aliphatic carbocycles. The van der Waals surface area contributed by atoms with Gasteiger partial charge in [-0.25, -0.2) is 4.98 Å². The predicted octanol–water partition coefficient (Wildman–Crippen LogP) is 3.24. The molecule has 0 saturated carbocycles. The molecular formula is C26H26N4O4S. The Bertz CT molecular complexity index is 1240. The number of rotatable bonds is 5. The first-order valence-electron chi connectivity index (χ1n) is 11.8. The largest absolute Gasteiger partial charge is 0.454 e. The summed E-state index contributed by atoms with van der Waals surface area (Å²) in [6.45, 7) is 4.32. The lowest BCUT2D eigenvalue weighted by molar-refractivity contribution is -0.137. The van der Waals surface area contributed by atoms with E-state index in [1.165, 1.54) is 0 Å². The standard InChI is InChI=1S/C26H26N4O4S/c31-24-12-19(14-30(24)21-6-7-22-23(13-21)34-17-33-22)26(32)29-10-8-28(9-11-29)15-20-16-35-25(27-20)18-4-2-1-3-5-18/h1-7,13,16,19H,8-12,14-15,17H2. The number of carbonyl (C=O) groups is 2. The molecule has 6 rings (SSSR count). The van der Waals surface area contributed by atoms with Crippen molar-refractivity contribution in [2.24, 2.45) is 5.92 Å². The van der Waals surface area contributed by atoms with Crippen molar-refractivity contribution in [1.29, 1.82) is 0 Å². The van der Waals surface area contributed by atoms with E-state index in [0.717, 1.165) is 41.6 Å². The van der Waals surface area contributed by atoms with Crippen LogP contribution in [0, 0.1) is 5.92 Å². The zero-order valence-corrected chi connectivity index (χ0v) is 20.1. The highest BCUT2D eigenvalue weighted by atomic mass is 32.1. The summed E-state index contributed by atoms with van der Waals surface area (Å²) >= 11 is 1.66. The van der Waals surface area contributed by atoms with Gasteiger partial charge in [-0.05, 0) is 12.1 Å². The van der Waals surface area contributed by atoms with Crippen LogP contribution >= 0.6 is 11.3 Å². The van der Waals surface area contributed by atoms with Gasteiger partial charge in [0, 0.05) is 68.4 Å². The van der Waals surface area contributed by atoms with E-state index in [0.29, 0.717) is 31.1 Å². The van der Waals surface area contributed by atoms with Crippen LogP contribution in [0.2, 0.25) is 0 Å². The van der Waals surface area contributed by atoms with Gasteiger partial charge in [0.1, 0.15) is 5.01 Å². The van der Waals surface area contributed by atoms with Gasteiger partial charge in [0.25, 0.3) is 0 Å². The first-order valence-corrected chi connectivity index (χ1v) is 12.7. The van der Waals surface area contributed by atoms with Gasteiger partial charge < -0.3 is 19.3 Å². The monoisotopic (exact) mass is 490 g/mol. The Labute approximate surface area is 207 Å². The molecule has 2 saturated heterocycles. The van der Waals surface area contributed by atoms with Crippen LogP contribution in [-0.4, -0.2) is 66.1 Å². The second-order valence-corrected chi connectivity index (χ2v) is 9.91. The quantitative estimate of drug-likeness (QED) is 0.547. The van der Waals surface area contributed by atoms with Gasteiger partial charge in [-0.15, -0.1) is 11.3 Å². The normalized spacial score (nSPS) is 20.0. The fourth-order valence-corrected chi connectivity index (χ4v) is 5.70. The molecule has 1 atom stereocenters. The molecule has 2 amide bonds. The summed E-state index contributed by atoms with van der Waals surface area (Å²) < 4.78 is 10.8. The highest BCUT2D eigenvalue weighted by Gasteiger charge is 2.38. The number of hydrogen-bond donors (Lipinski definition) is 0. The number of anilines is 1. The molecule has 4 heterocycles. The third-order valence-electron chi connectivity index (χ3n) is 6.78. The first kappa shape index (κ1) is 22.1. The summed E-state index contributed by atoms with van der Waals surface area (Å²) in [7, 11) is 0. The number of benzene rings is 2. The fraction of sp³-hybridized carbons (Fsp3) is 0.346. The smallest absolute Gasteiger partial charge is 0.231 e. The zero-order chi connectivity index (χ0) is 23.8. The minimum atomic E-state index is -0.313. The molecule has 35 heavy (non-hydrogen) atoms. The van der Waals surface area contributed by atoms with Gasteiger partial charge in [0.2, 0.25) is 18.6 Å². The number of aromatic nitrogens is 1. The van der Waals surface area contributed by atoms with Crippen LogP contribution in [0.15, 0.2) is 53.9 Å². The van der Waals surface area contributed by atoms with Crippen molar-refractivity contribution < 1.29 is 19.1 Å². The minimum Gasteiger partial charge on any atom is -0.454 e. The molecule has 8 nitrogen and oxygen atoms in total. The van der Waals surface area contributed by atoms with Gasteiger partial charge >= 0.3 is 0 Å². The van der Waals surface area contributed by atoms with Gasteiger partial charge in [-0.3, -0.25) is 14.5 Å². The number of nitrogens with zero attached hydrogens (tertiary/aromatic N) is 4. The number of hydrogen-bond acceptors (Lipinski definition) is 7. The highest BCUT2D eigenvalue weighted by molar-refractivity contribution is 7.13. The van der Waals surface area contributed by atoms with E-state index in [1.807, 2.05) is 41.3 Å². The van der Waals surface area contributed by atoms with E-state index >= 15 is 0 Å². The molecule has 2 aromatic carbocycles. The maximum Gasteiger partial charge on any atom is 0.231 e. The van der Waals surface area contributed by atoms with Gasteiger partial charge in [-0.1, -0.05) is 30.3 Å². The van der Waals surface area contributed by atoms with Crippen molar-refractivity contribution in [3.63, 3.8) is 0 Å². The molecular weight excluding hydrogens is 464 g/mol. The third-order valence-corrected chi connectivity index (χ3v) is 7.72. The predicted molar refractivity (Wildman–Crippen MR) is 132 cm³/mol. The van der Waals surface area contributed by atoms with E-state index in [9.17, 15) is 9.59 Å². The van der Waals surface area contributed by atoms with Crippen molar-refractivity contribution >= 4 is 28.8 Å². The summed E-state index contributed by atoms with van der Waals surface area (Å²) in [4.78, 5) is 36.6. The third kappa shape index (κ3) is 4.49. The maximum atomic E-state index is 13.2. The van der Waals surface area contributed by atoms with Crippen LogP contribution in [0.5, 0.6) is 11.5 Å². The number of ether oxygens (including phenoxy) is 2. The molecule has 1 aromatic heterocycles. The van der Waals surface area contributed by atoms with Gasteiger partial charge in [0.05, 0.1) is 11.6 Å². The number of thiazole rings is 1. The fourth-order valence-electron chi connectivity index (χ4n) is 4.88. The number of piperazine rings is 1. The molecule has 2 fully saturated rings. The van der Waals surface area contributed by atoms with E-state index in [2.05, 4.69) is 22.4 Å². The molecule has 1 unspecified atom stereocenters. The lowest BCUT2D eigenvalue weighted by Crippen LogP contribution is -2.50. The zero-order valence-electron chi connectivity index (χ0n) is 19.3. The molecule has 0 N–H and O–H groups in total. The van der Waals surface area contributed by atoms with E-state index in [4.69, 9.17) is 14.5 Å². The maximum absolute atomic E-state index is 13.2.